The van der Waals surface area contributed by atoms with Gasteiger partial charge in [0.05, 0.1) is 11.7 Å². The molecule has 19 heavy (non-hydrogen) atoms. The number of nitrogens with zero attached hydrogens (tertiary/aromatic N) is 1. The van der Waals surface area contributed by atoms with Gasteiger partial charge in [-0.05, 0) is 35.6 Å². The van der Waals surface area contributed by atoms with E-state index in [1.54, 1.807) is 0 Å². The van der Waals surface area contributed by atoms with Crippen molar-refractivity contribution >= 4 is 0 Å². The molecule has 1 heterocycles. The maximum atomic E-state index is 6.40. The van der Waals surface area contributed by atoms with E-state index < -0.39 is 0 Å². The fraction of sp³-hybridized carbons (Fsp3) is 0.353. The number of hydrogen-bond acceptors (Lipinski definition) is 2. The summed E-state index contributed by atoms with van der Waals surface area (Å²) in [6.07, 6.45) is 5.04. The number of rotatable bonds is 5. The van der Waals surface area contributed by atoms with Gasteiger partial charge in [0.15, 0.2) is 0 Å². The van der Waals surface area contributed by atoms with E-state index in [0.717, 1.165) is 30.5 Å². The highest BCUT2D eigenvalue weighted by atomic mass is 14.8. The van der Waals surface area contributed by atoms with Gasteiger partial charge >= 0.3 is 0 Å². The molecule has 2 rings (SSSR count). The summed E-state index contributed by atoms with van der Waals surface area (Å²) in [6, 6.07) is 12.5. The predicted molar refractivity (Wildman–Crippen MR) is 80.1 cm³/mol. The minimum absolute atomic E-state index is 0.132. The molecule has 0 spiro atoms. The van der Waals surface area contributed by atoms with Gasteiger partial charge in [0.1, 0.15) is 0 Å². The summed E-state index contributed by atoms with van der Waals surface area (Å²) < 4.78 is 0. The zero-order valence-corrected chi connectivity index (χ0v) is 11.8. The Morgan fingerprint density at radius 2 is 2.00 bits per heavy atom. The Bertz CT molecular complexity index is 534. The van der Waals surface area contributed by atoms with Crippen molar-refractivity contribution in [3.8, 4) is 0 Å². The summed E-state index contributed by atoms with van der Waals surface area (Å²) in [5.74, 6) is 0. The van der Waals surface area contributed by atoms with Crippen LogP contribution < -0.4 is 5.73 Å². The quantitative estimate of drug-likeness (QED) is 0.884. The molecule has 1 atom stereocenters. The first-order valence-corrected chi connectivity index (χ1v) is 7.04. The Morgan fingerprint density at radius 1 is 1.16 bits per heavy atom. The maximum Gasteiger partial charge on any atom is 0.0729 e. The topological polar surface area (TPSA) is 38.9 Å². The van der Waals surface area contributed by atoms with Crippen molar-refractivity contribution in [2.75, 3.05) is 0 Å². The van der Waals surface area contributed by atoms with Crippen LogP contribution in [0.5, 0.6) is 0 Å². The molecular formula is C17H22N2. The van der Waals surface area contributed by atoms with E-state index in [1.807, 2.05) is 12.3 Å². The summed E-state index contributed by atoms with van der Waals surface area (Å²) in [7, 11) is 0. The van der Waals surface area contributed by atoms with E-state index in [0.29, 0.717) is 0 Å². The lowest BCUT2D eigenvalue weighted by Gasteiger charge is -2.16. The van der Waals surface area contributed by atoms with Crippen molar-refractivity contribution in [3.05, 3.63) is 65.0 Å². The van der Waals surface area contributed by atoms with Gasteiger partial charge in [-0.25, -0.2) is 0 Å². The lowest BCUT2D eigenvalue weighted by atomic mass is 9.96. The number of aryl methyl sites for hydroxylation is 2. The van der Waals surface area contributed by atoms with E-state index in [4.69, 9.17) is 5.73 Å². The maximum absolute atomic E-state index is 6.40. The number of nitrogens with two attached hydrogens (primary N) is 1. The first-order chi connectivity index (χ1) is 9.26. The molecule has 2 heteroatoms. The van der Waals surface area contributed by atoms with Gasteiger partial charge in [0.2, 0.25) is 0 Å². The monoisotopic (exact) mass is 254 g/mol. The highest BCUT2D eigenvalue weighted by Gasteiger charge is 2.13. The third-order valence-electron chi connectivity index (χ3n) is 3.45. The van der Waals surface area contributed by atoms with Crippen molar-refractivity contribution in [2.45, 2.75) is 39.2 Å². The van der Waals surface area contributed by atoms with E-state index >= 15 is 0 Å². The molecule has 0 radical (unpaired) electrons. The zero-order valence-electron chi connectivity index (χ0n) is 11.8. The van der Waals surface area contributed by atoms with Gasteiger partial charge in [0, 0.05) is 6.20 Å². The van der Waals surface area contributed by atoms with Crippen LogP contribution in [-0.2, 0) is 12.8 Å². The largest absolute Gasteiger partial charge is 0.319 e. The van der Waals surface area contributed by atoms with Crippen molar-refractivity contribution in [1.29, 1.82) is 0 Å². The average molecular weight is 254 g/mol. The molecule has 1 unspecified atom stereocenters. The second kappa shape index (κ2) is 6.48. The van der Waals surface area contributed by atoms with Gasteiger partial charge < -0.3 is 5.73 Å². The second-order valence-corrected chi connectivity index (χ2v) is 4.87. The van der Waals surface area contributed by atoms with Crippen molar-refractivity contribution in [2.24, 2.45) is 5.73 Å². The SMILES string of the molecule is CCCc1cccc(C(N)c2ncccc2CC)c1. The zero-order chi connectivity index (χ0) is 13.7. The molecule has 0 saturated heterocycles. The van der Waals surface area contributed by atoms with Gasteiger partial charge in [-0.3, -0.25) is 4.98 Å². The number of benzene rings is 1. The molecule has 100 valence electrons. The Kier molecular flexibility index (Phi) is 4.69. The summed E-state index contributed by atoms with van der Waals surface area (Å²) >= 11 is 0. The van der Waals surface area contributed by atoms with Gasteiger partial charge in [-0.2, -0.15) is 0 Å². The summed E-state index contributed by atoms with van der Waals surface area (Å²) in [6.45, 7) is 4.33. The highest BCUT2D eigenvalue weighted by molar-refractivity contribution is 5.34. The summed E-state index contributed by atoms with van der Waals surface area (Å²) in [5, 5.41) is 0. The Balaban J connectivity index is 2.32. The molecule has 1 aromatic heterocycles. The first-order valence-electron chi connectivity index (χ1n) is 7.04. The molecule has 0 bridgehead atoms. The standard InChI is InChI=1S/C17H22N2/c1-3-7-13-8-5-9-15(12-13)16(18)17-14(4-2)10-6-11-19-17/h5-6,8-12,16H,3-4,7,18H2,1-2H3. The highest BCUT2D eigenvalue weighted by Crippen LogP contribution is 2.22. The van der Waals surface area contributed by atoms with Crippen LogP contribution in [0, 0.1) is 0 Å². The third kappa shape index (κ3) is 3.21. The van der Waals surface area contributed by atoms with E-state index in [1.165, 1.54) is 11.1 Å². The molecule has 1 aromatic carbocycles. The van der Waals surface area contributed by atoms with E-state index in [2.05, 4.69) is 49.2 Å². The van der Waals surface area contributed by atoms with Crippen LogP contribution in [0.25, 0.3) is 0 Å². The molecule has 2 nitrogen and oxygen atoms in total. The molecule has 0 fully saturated rings. The first kappa shape index (κ1) is 13.8. The van der Waals surface area contributed by atoms with E-state index in [-0.39, 0.29) is 6.04 Å². The molecule has 0 aliphatic heterocycles. The lowest BCUT2D eigenvalue weighted by molar-refractivity contribution is 0.801. The second-order valence-electron chi connectivity index (χ2n) is 4.87. The molecular weight excluding hydrogens is 232 g/mol. The van der Waals surface area contributed by atoms with Crippen molar-refractivity contribution in [1.82, 2.24) is 4.98 Å². The van der Waals surface area contributed by atoms with Gasteiger partial charge in [-0.1, -0.05) is 50.6 Å². The van der Waals surface area contributed by atoms with Gasteiger partial charge in [0.25, 0.3) is 0 Å². The average Bonchev–Trinajstić information content (AvgIpc) is 2.47. The Labute approximate surface area is 115 Å². The molecule has 0 aliphatic rings. The number of hydrogen-bond donors (Lipinski definition) is 1. The van der Waals surface area contributed by atoms with Crippen LogP contribution >= 0.6 is 0 Å². The molecule has 2 N–H and O–H groups in total. The number of pyridine rings is 1. The lowest BCUT2D eigenvalue weighted by Crippen LogP contribution is -2.16. The van der Waals surface area contributed by atoms with E-state index in [9.17, 15) is 0 Å². The summed E-state index contributed by atoms with van der Waals surface area (Å²) in [4.78, 5) is 4.48. The molecule has 0 amide bonds. The fourth-order valence-corrected chi connectivity index (χ4v) is 2.42. The predicted octanol–water partition coefficient (Wildman–Crippen LogP) is 3.64. The van der Waals surface area contributed by atoms with Crippen LogP contribution in [0.3, 0.4) is 0 Å². The molecule has 0 saturated carbocycles. The van der Waals surface area contributed by atoms with Crippen molar-refractivity contribution in [3.63, 3.8) is 0 Å². The Hall–Kier alpha value is -1.67. The number of aromatic nitrogens is 1. The van der Waals surface area contributed by atoms with Crippen molar-refractivity contribution < 1.29 is 0 Å². The van der Waals surface area contributed by atoms with Crippen LogP contribution in [0.15, 0.2) is 42.6 Å². The summed E-state index contributed by atoms with van der Waals surface area (Å²) in [5.41, 5.74) is 11.1. The minimum Gasteiger partial charge on any atom is -0.319 e. The van der Waals surface area contributed by atoms with Gasteiger partial charge in [-0.15, -0.1) is 0 Å². The minimum atomic E-state index is -0.132. The third-order valence-corrected chi connectivity index (χ3v) is 3.45. The molecule has 2 aromatic rings. The Morgan fingerprint density at radius 3 is 2.74 bits per heavy atom. The van der Waals surface area contributed by atoms with Crippen LogP contribution in [0.1, 0.15) is 48.7 Å². The smallest absolute Gasteiger partial charge is 0.0729 e. The van der Waals surface area contributed by atoms with Crippen LogP contribution in [-0.4, -0.2) is 4.98 Å². The molecule has 0 aliphatic carbocycles. The van der Waals surface area contributed by atoms with Crippen LogP contribution in [0.2, 0.25) is 0 Å². The fourth-order valence-electron chi connectivity index (χ4n) is 2.42. The normalized spacial score (nSPS) is 12.4. The van der Waals surface area contributed by atoms with Crippen LogP contribution in [0.4, 0.5) is 0 Å².